The van der Waals surface area contributed by atoms with Gasteiger partial charge in [-0.1, -0.05) is 0 Å². The van der Waals surface area contributed by atoms with Gasteiger partial charge in [0, 0.05) is 48.5 Å². The van der Waals surface area contributed by atoms with Crippen LogP contribution in [-0.4, -0.2) is 43.2 Å². The third-order valence-corrected chi connectivity index (χ3v) is 5.34. The van der Waals surface area contributed by atoms with E-state index in [9.17, 15) is 0 Å². The van der Waals surface area contributed by atoms with Gasteiger partial charge >= 0.3 is 0 Å². The Morgan fingerprint density at radius 2 is 1.70 bits per heavy atom. The van der Waals surface area contributed by atoms with Crippen molar-refractivity contribution in [1.29, 1.82) is 10.8 Å². The van der Waals surface area contributed by atoms with Gasteiger partial charge in [-0.05, 0) is 37.0 Å². The first kappa shape index (κ1) is 19.8. The lowest BCUT2D eigenvalue weighted by Gasteiger charge is -2.26. The van der Waals surface area contributed by atoms with Gasteiger partial charge in [0.15, 0.2) is 0 Å². The number of hydrogen-bond donors (Lipinski definition) is 2. The molecule has 0 radical (unpaired) electrons. The summed E-state index contributed by atoms with van der Waals surface area (Å²) >= 11 is 0. The van der Waals surface area contributed by atoms with Crippen LogP contribution in [0.5, 0.6) is 11.5 Å². The number of ether oxygens (including phenoxy) is 2. The summed E-state index contributed by atoms with van der Waals surface area (Å²) in [4.78, 5) is 11.4. The van der Waals surface area contributed by atoms with Crippen LogP contribution in [0.1, 0.15) is 24.5 Å². The van der Waals surface area contributed by atoms with Gasteiger partial charge in [-0.2, -0.15) is 0 Å². The Morgan fingerprint density at radius 3 is 2.30 bits per heavy atom. The smallest absolute Gasteiger partial charge is 0.124 e. The lowest BCUT2D eigenvalue weighted by atomic mass is 10.1. The number of rotatable bonds is 9. The Labute approximate surface area is 175 Å². The van der Waals surface area contributed by atoms with Crippen molar-refractivity contribution in [3.8, 4) is 11.5 Å². The number of nitrogens with one attached hydrogen (secondary N) is 2. The molecule has 0 saturated heterocycles. The molecular formula is C23H25N5O2. The minimum absolute atomic E-state index is 0.462. The van der Waals surface area contributed by atoms with Crippen molar-refractivity contribution in [1.82, 2.24) is 9.97 Å². The van der Waals surface area contributed by atoms with Crippen LogP contribution in [0, 0.1) is 16.7 Å². The fourth-order valence-electron chi connectivity index (χ4n) is 3.43. The molecule has 7 heteroatoms. The van der Waals surface area contributed by atoms with E-state index in [2.05, 4.69) is 20.9 Å². The van der Waals surface area contributed by atoms with E-state index in [4.69, 9.17) is 20.3 Å². The summed E-state index contributed by atoms with van der Waals surface area (Å²) in [6.45, 7) is 0.901. The summed E-state index contributed by atoms with van der Waals surface area (Å²) in [5.41, 5.74) is 4.14. The highest BCUT2D eigenvalue weighted by Gasteiger charge is 2.26. The van der Waals surface area contributed by atoms with Crippen molar-refractivity contribution in [2.45, 2.75) is 18.8 Å². The minimum Gasteiger partial charge on any atom is -0.497 e. The van der Waals surface area contributed by atoms with E-state index in [0.717, 1.165) is 40.5 Å². The van der Waals surface area contributed by atoms with Crippen molar-refractivity contribution in [3.63, 3.8) is 0 Å². The van der Waals surface area contributed by atoms with Gasteiger partial charge in [0.25, 0.3) is 0 Å². The Bertz CT molecular complexity index is 1050. The van der Waals surface area contributed by atoms with Gasteiger partial charge in [0.05, 0.1) is 43.1 Å². The molecule has 154 valence electrons. The van der Waals surface area contributed by atoms with Crippen LogP contribution in [-0.2, 0) is 0 Å². The predicted octanol–water partition coefficient (Wildman–Crippen LogP) is 4.58. The molecule has 0 spiro atoms. The van der Waals surface area contributed by atoms with Crippen LogP contribution in [0.25, 0.3) is 11.0 Å². The first-order valence-corrected chi connectivity index (χ1v) is 9.93. The molecule has 1 fully saturated rings. The lowest BCUT2D eigenvalue weighted by molar-refractivity contribution is 0.394. The topological polar surface area (TPSA) is 95.2 Å². The van der Waals surface area contributed by atoms with Crippen LogP contribution in [0.4, 0.5) is 11.4 Å². The molecule has 7 nitrogen and oxygen atoms in total. The number of benzene rings is 2. The second kappa shape index (κ2) is 8.49. The van der Waals surface area contributed by atoms with Gasteiger partial charge in [0.1, 0.15) is 11.5 Å². The maximum atomic E-state index is 7.51. The molecule has 0 atom stereocenters. The summed E-state index contributed by atoms with van der Waals surface area (Å²) in [7, 11) is 3.31. The molecule has 1 saturated carbocycles. The van der Waals surface area contributed by atoms with E-state index in [1.165, 1.54) is 25.3 Å². The van der Waals surface area contributed by atoms with E-state index >= 15 is 0 Å². The van der Waals surface area contributed by atoms with Gasteiger partial charge < -0.3 is 25.2 Å². The normalized spacial score (nSPS) is 14.2. The zero-order valence-corrected chi connectivity index (χ0v) is 17.1. The molecular weight excluding hydrogens is 378 g/mol. The SMILES string of the molecule is COc1cc(OC)cc(N(CC2CC2)c2ccc3ncc(C(C=N)C=N)nc3c2)c1. The molecule has 0 bridgehead atoms. The molecule has 1 aliphatic rings. The van der Waals surface area contributed by atoms with Gasteiger partial charge in [0.2, 0.25) is 0 Å². The zero-order chi connectivity index (χ0) is 21.1. The maximum Gasteiger partial charge on any atom is 0.124 e. The highest BCUT2D eigenvalue weighted by Crippen LogP contribution is 2.38. The van der Waals surface area contributed by atoms with Gasteiger partial charge in [-0.25, -0.2) is 4.98 Å². The molecule has 2 aromatic carbocycles. The first-order chi connectivity index (χ1) is 14.6. The second-order valence-corrected chi connectivity index (χ2v) is 7.45. The van der Waals surface area contributed by atoms with E-state index in [1.54, 1.807) is 20.4 Å². The zero-order valence-electron chi connectivity index (χ0n) is 17.1. The first-order valence-electron chi connectivity index (χ1n) is 9.93. The molecule has 0 unspecified atom stereocenters. The van der Waals surface area contributed by atoms with E-state index < -0.39 is 5.92 Å². The molecule has 3 aromatic rings. The average molecular weight is 403 g/mol. The van der Waals surface area contributed by atoms with E-state index in [-0.39, 0.29) is 0 Å². The largest absolute Gasteiger partial charge is 0.497 e. The maximum absolute atomic E-state index is 7.51. The molecule has 2 N–H and O–H groups in total. The number of nitrogens with zero attached hydrogens (tertiary/aromatic N) is 3. The summed E-state index contributed by atoms with van der Waals surface area (Å²) in [6, 6.07) is 11.9. The van der Waals surface area contributed by atoms with Crippen LogP contribution < -0.4 is 14.4 Å². The highest BCUT2D eigenvalue weighted by molar-refractivity contribution is 5.88. The average Bonchev–Trinajstić information content (AvgIpc) is 3.61. The molecule has 1 aromatic heterocycles. The molecule has 30 heavy (non-hydrogen) atoms. The highest BCUT2D eigenvalue weighted by atomic mass is 16.5. The number of methoxy groups -OCH3 is 2. The van der Waals surface area contributed by atoms with Crippen LogP contribution in [0.15, 0.2) is 42.6 Å². The quantitative estimate of drug-likeness (QED) is 0.510. The van der Waals surface area contributed by atoms with Crippen LogP contribution in [0.2, 0.25) is 0 Å². The van der Waals surface area contributed by atoms with Crippen molar-refractivity contribution < 1.29 is 9.47 Å². The Balaban J connectivity index is 1.79. The number of aromatic nitrogens is 2. The van der Waals surface area contributed by atoms with Crippen LogP contribution >= 0.6 is 0 Å². The summed E-state index contributed by atoms with van der Waals surface area (Å²) in [6.07, 6.45) is 6.51. The number of hydrogen-bond acceptors (Lipinski definition) is 7. The van der Waals surface area contributed by atoms with E-state index in [0.29, 0.717) is 11.6 Å². The third kappa shape index (κ3) is 4.10. The third-order valence-electron chi connectivity index (χ3n) is 5.34. The Morgan fingerprint density at radius 1 is 1.00 bits per heavy atom. The van der Waals surface area contributed by atoms with Crippen molar-refractivity contribution in [2.75, 3.05) is 25.7 Å². The Kier molecular flexibility index (Phi) is 5.61. The van der Waals surface area contributed by atoms with Gasteiger partial charge in [-0.3, -0.25) is 4.98 Å². The Hall–Kier alpha value is -3.48. The summed E-state index contributed by atoms with van der Waals surface area (Å²) in [5.74, 6) is 1.69. The van der Waals surface area contributed by atoms with E-state index in [1.807, 2.05) is 30.3 Å². The fourth-order valence-corrected chi connectivity index (χ4v) is 3.43. The molecule has 0 amide bonds. The standard InChI is InChI=1S/C23H25N5O2/c1-29-19-7-18(8-20(10-19)30-2)28(14-15-3-4-15)17-5-6-21-22(9-17)27-23(13-26-21)16(11-24)12-25/h5-13,15-16,24-25H,3-4,14H2,1-2H3. The predicted molar refractivity (Wildman–Crippen MR) is 119 cm³/mol. The van der Waals surface area contributed by atoms with Crippen molar-refractivity contribution >= 4 is 34.8 Å². The minimum atomic E-state index is -0.462. The summed E-state index contributed by atoms with van der Waals surface area (Å²) < 4.78 is 10.9. The molecule has 1 aliphatic carbocycles. The van der Waals surface area contributed by atoms with Crippen molar-refractivity contribution in [2.24, 2.45) is 5.92 Å². The molecule has 4 rings (SSSR count). The monoisotopic (exact) mass is 403 g/mol. The van der Waals surface area contributed by atoms with Gasteiger partial charge in [-0.15, -0.1) is 0 Å². The lowest BCUT2D eigenvalue weighted by Crippen LogP contribution is -2.20. The van der Waals surface area contributed by atoms with Crippen molar-refractivity contribution in [3.05, 3.63) is 48.3 Å². The number of anilines is 2. The molecule has 0 aliphatic heterocycles. The summed E-state index contributed by atoms with van der Waals surface area (Å²) in [5, 5.41) is 15.0. The second-order valence-electron chi connectivity index (χ2n) is 7.45. The van der Waals surface area contributed by atoms with Crippen LogP contribution in [0.3, 0.4) is 0 Å². The molecule has 1 heterocycles. The fraction of sp³-hybridized carbons (Fsp3) is 0.304. The number of fused-ring (bicyclic) bond motifs is 1.